The Morgan fingerprint density at radius 2 is 1.69 bits per heavy atom. The Hall–Kier alpha value is -3.71. The van der Waals surface area contributed by atoms with Crippen LogP contribution in [0, 0.1) is 22.7 Å². The minimum absolute atomic E-state index is 0.157. The van der Waals surface area contributed by atoms with Gasteiger partial charge in [-0.2, -0.15) is 15.6 Å². The first-order valence-corrected chi connectivity index (χ1v) is 8.07. The molecule has 0 aliphatic carbocycles. The van der Waals surface area contributed by atoms with E-state index < -0.39 is 0 Å². The molecule has 130 valence electrons. The highest BCUT2D eigenvalue weighted by Crippen LogP contribution is 2.30. The van der Waals surface area contributed by atoms with Gasteiger partial charge in [-0.15, -0.1) is 5.11 Å². The third-order valence-electron chi connectivity index (χ3n) is 3.88. The lowest BCUT2D eigenvalue weighted by Crippen LogP contribution is -2.22. The fourth-order valence-corrected chi connectivity index (χ4v) is 2.59. The fraction of sp³-hybridized carbons (Fsp3) is 0.211. The zero-order chi connectivity index (χ0) is 19.1. The van der Waals surface area contributed by atoms with Gasteiger partial charge in [-0.3, -0.25) is 4.79 Å². The second-order valence-electron chi connectivity index (χ2n) is 5.42. The third kappa shape index (κ3) is 3.85. The maximum atomic E-state index is 11.4. The molecule has 2 N–H and O–H groups in total. The second-order valence-corrected chi connectivity index (χ2v) is 5.42. The smallest absolute Gasteiger partial charge is 0.152 e. The molecule has 2 aromatic carbocycles. The highest BCUT2D eigenvalue weighted by molar-refractivity contribution is 5.86. The Labute approximate surface area is 152 Å². The first-order chi connectivity index (χ1) is 12.6. The SMILES string of the molecule is CCN(CC)c1ccc(N=Nc2c(C#N)cc(N)cc2C#N)cc1C=O. The number of anilines is 2. The first kappa shape index (κ1) is 18.6. The van der Waals surface area contributed by atoms with Crippen LogP contribution in [-0.2, 0) is 0 Å². The number of nitriles is 2. The van der Waals surface area contributed by atoms with Crippen LogP contribution in [-0.4, -0.2) is 19.4 Å². The number of carbonyl (C=O) groups is 1. The maximum Gasteiger partial charge on any atom is 0.152 e. The van der Waals surface area contributed by atoms with Crippen LogP contribution in [0.25, 0.3) is 0 Å². The Morgan fingerprint density at radius 1 is 1.08 bits per heavy atom. The van der Waals surface area contributed by atoms with E-state index in [0.717, 1.165) is 25.1 Å². The van der Waals surface area contributed by atoms with Gasteiger partial charge in [0.25, 0.3) is 0 Å². The zero-order valence-corrected chi connectivity index (χ0v) is 14.6. The number of nitrogen functional groups attached to an aromatic ring is 1. The predicted octanol–water partition coefficient (Wildman–Crippen LogP) is 4.09. The lowest BCUT2D eigenvalue weighted by molar-refractivity contribution is 0.112. The highest BCUT2D eigenvalue weighted by atomic mass is 16.1. The average molecular weight is 346 g/mol. The predicted molar refractivity (Wildman–Crippen MR) is 99.9 cm³/mol. The van der Waals surface area contributed by atoms with E-state index >= 15 is 0 Å². The molecule has 0 radical (unpaired) electrons. The lowest BCUT2D eigenvalue weighted by atomic mass is 10.1. The van der Waals surface area contributed by atoms with Gasteiger partial charge in [0.2, 0.25) is 0 Å². The Kier molecular flexibility index (Phi) is 6.02. The molecule has 0 bridgehead atoms. The van der Waals surface area contributed by atoms with Crippen LogP contribution in [0.5, 0.6) is 0 Å². The van der Waals surface area contributed by atoms with E-state index in [1.807, 2.05) is 32.1 Å². The Balaban J connectivity index is 2.46. The zero-order valence-electron chi connectivity index (χ0n) is 14.6. The van der Waals surface area contributed by atoms with Crippen LogP contribution in [0.15, 0.2) is 40.6 Å². The lowest BCUT2D eigenvalue weighted by Gasteiger charge is -2.22. The van der Waals surface area contributed by atoms with Gasteiger partial charge in [0.1, 0.15) is 17.8 Å². The van der Waals surface area contributed by atoms with Gasteiger partial charge < -0.3 is 10.6 Å². The molecule has 0 fully saturated rings. The van der Waals surface area contributed by atoms with Gasteiger partial charge in [-0.05, 0) is 44.2 Å². The third-order valence-corrected chi connectivity index (χ3v) is 3.88. The van der Waals surface area contributed by atoms with Crippen molar-refractivity contribution in [1.29, 1.82) is 10.5 Å². The normalized spacial score (nSPS) is 10.3. The summed E-state index contributed by atoms with van der Waals surface area (Å²) in [6.07, 6.45) is 0.775. The van der Waals surface area contributed by atoms with E-state index in [0.29, 0.717) is 16.9 Å². The summed E-state index contributed by atoms with van der Waals surface area (Å²) in [4.78, 5) is 13.5. The number of rotatable bonds is 6. The molecular weight excluding hydrogens is 328 g/mol. The van der Waals surface area contributed by atoms with Gasteiger partial charge >= 0.3 is 0 Å². The number of hydrogen-bond acceptors (Lipinski definition) is 7. The quantitative estimate of drug-likeness (QED) is 0.480. The molecule has 26 heavy (non-hydrogen) atoms. The number of carbonyl (C=O) groups excluding carboxylic acids is 1. The molecule has 7 heteroatoms. The maximum absolute atomic E-state index is 11.4. The molecule has 0 aliphatic rings. The summed E-state index contributed by atoms with van der Waals surface area (Å²) in [6, 6.07) is 12.0. The summed E-state index contributed by atoms with van der Waals surface area (Å²) in [5.74, 6) is 0. The van der Waals surface area contributed by atoms with Crippen LogP contribution < -0.4 is 10.6 Å². The highest BCUT2D eigenvalue weighted by Gasteiger charge is 2.11. The Bertz CT molecular complexity index is 897. The summed E-state index contributed by atoms with van der Waals surface area (Å²) in [5.41, 5.74) is 8.26. The molecule has 0 amide bonds. The van der Waals surface area contributed by atoms with Crippen molar-refractivity contribution in [2.75, 3.05) is 23.7 Å². The molecule has 0 saturated heterocycles. The van der Waals surface area contributed by atoms with Crippen molar-refractivity contribution in [3.63, 3.8) is 0 Å². The van der Waals surface area contributed by atoms with E-state index in [1.165, 1.54) is 12.1 Å². The molecular formula is C19H18N6O. The minimum Gasteiger partial charge on any atom is -0.399 e. The largest absolute Gasteiger partial charge is 0.399 e. The summed E-state index contributed by atoms with van der Waals surface area (Å²) in [6.45, 7) is 5.58. The average Bonchev–Trinajstić information content (AvgIpc) is 2.67. The van der Waals surface area contributed by atoms with Gasteiger partial charge in [0, 0.05) is 30.0 Å². The summed E-state index contributed by atoms with van der Waals surface area (Å²) >= 11 is 0. The van der Waals surface area contributed by atoms with E-state index in [1.54, 1.807) is 12.1 Å². The van der Waals surface area contributed by atoms with Gasteiger partial charge in [-0.1, -0.05) is 0 Å². The van der Waals surface area contributed by atoms with Crippen molar-refractivity contribution in [1.82, 2.24) is 0 Å². The molecule has 0 atom stereocenters. The van der Waals surface area contributed by atoms with E-state index in [2.05, 4.69) is 15.1 Å². The summed E-state index contributed by atoms with van der Waals surface area (Å²) in [7, 11) is 0. The topological polar surface area (TPSA) is 119 Å². The van der Waals surface area contributed by atoms with Crippen molar-refractivity contribution in [3.8, 4) is 12.1 Å². The standard InChI is InChI=1S/C19H18N6O/c1-3-25(4-2)18-6-5-17(9-15(18)12-26)23-24-19-13(10-20)7-16(22)8-14(19)11-21/h5-9,12H,3-4,22H2,1-2H3. The van der Waals surface area contributed by atoms with Gasteiger partial charge in [-0.25, -0.2) is 0 Å². The Morgan fingerprint density at radius 3 is 2.19 bits per heavy atom. The first-order valence-electron chi connectivity index (χ1n) is 8.07. The van der Waals surface area contributed by atoms with Gasteiger partial charge in [0.05, 0.1) is 16.8 Å². The van der Waals surface area contributed by atoms with Crippen molar-refractivity contribution in [2.24, 2.45) is 10.2 Å². The molecule has 2 aromatic rings. The van der Waals surface area contributed by atoms with Crippen LogP contribution in [0.4, 0.5) is 22.7 Å². The molecule has 0 heterocycles. The van der Waals surface area contributed by atoms with Crippen LogP contribution in [0.3, 0.4) is 0 Å². The number of hydrogen-bond donors (Lipinski definition) is 1. The van der Waals surface area contributed by atoms with Crippen molar-refractivity contribution >= 4 is 29.0 Å². The van der Waals surface area contributed by atoms with Crippen LogP contribution in [0.1, 0.15) is 35.3 Å². The molecule has 7 nitrogen and oxygen atoms in total. The van der Waals surface area contributed by atoms with Crippen LogP contribution in [0.2, 0.25) is 0 Å². The van der Waals surface area contributed by atoms with Gasteiger partial charge in [0.15, 0.2) is 6.29 Å². The number of benzene rings is 2. The number of nitrogens with zero attached hydrogens (tertiary/aromatic N) is 5. The molecule has 0 spiro atoms. The molecule has 0 saturated carbocycles. The van der Waals surface area contributed by atoms with E-state index in [4.69, 9.17) is 5.73 Å². The number of aldehydes is 1. The molecule has 0 unspecified atom stereocenters. The summed E-state index contributed by atoms with van der Waals surface area (Å²) in [5, 5.41) is 26.6. The number of azo groups is 1. The fourth-order valence-electron chi connectivity index (χ4n) is 2.59. The van der Waals surface area contributed by atoms with Crippen molar-refractivity contribution in [2.45, 2.75) is 13.8 Å². The minimum atomic E-state index is 0.157. The van der Waals surface area contributed by atoms with Crippen LogP contribution >= 0.6 is 0 Å². The second kappa shape index (κ2) is 8.41. The monoisotopic (exact) mass is 346 g/mol. The molecule has 0 aromatic heterocycles. The molecule has 2 rings (SSSR count). The van der Waals surface area contributed by atoms with Crippen molar-refractivity contribution < 1.29 is 4.79 Å². The molecule has 0 aliphatic heterocycles. The van der Waals surface area contributed by atoms with E-state index in [9.17, 15) is 15.3 Å². The van der Waals surface area contributed by atoms with E-state index in [-0.39, 0.29) is 16.8 Å². The summed E-state index contributed by atoms with van der Waals surface area (Å²) < 4.78 is 0. The van der Waals surface area contributed by atoms with Crippen molar-refractivity contribution in [3.05, 3.63) is 47.0 Å². The number of nitrogens with two attached hydrogens (primary N) is 1.